The number of nitrogens with zero attached hydrogens (tertiary/aromatic N) is 1. The molecule has 5 atom stereocenters. The molecule has 0 aromatic heterocycles. The van der Waals surface area contributed by atoms with Crippen LogP contribution in [0, 0.1) is 11.8 Å². The molecule has 3 aliphatic rings. The molecule has 4 unspecified atom stereocenters. The van der Waals surface area contributed by atoms with Crippen LogP contribution in [0.5, 0.6) is 0 Å². The lowest BCUT2D eigenvalue weighted by atomic mass is 9.67. The Bertz CT molecular complexity index is 844. The van der Waals surface area contributed by atoms with Crippen LogP contribution in [0.25, 0.3) is 0 Å². The number of benzene rings is 1. The molecule has 9 heteroatoms. The first-order valence-corrected chi connectivity index (χ1v) is 8.41. The molecule has 26 heavy (non-hydrogen) atoms. The zero-order valence-electron chi connectivity index (χ0n) is 13.8. The first-order valence-electron chi connectivity index (χ1n) is 8.03. The Morgan fingerprint density at radius 1 is 1.23 bits per heavy atom. The van der Waals surface area contributed by atoms with E-state index in [1.165, 1.54) is 6.07 Å². The maximum absolute atomic E-state index is 13.1. The van der Waals surface area contributed by atoms with Gasteiger partial charge in [0.25, 0.3) is 0 Å². The number of ether oxygens (including phenoxy) is 1. The lowest BCUT2D eigenvalue weighted by molar-refractivity contribution is -0.138. The average molecular weight is 390 g/mol. The van der Waals surface area contributed by atoms with E-state index in [1.54, 1.807) is 13.8 Å². The molecule has 140 valence electrons. The maximum atomic E-state index is 13.1. The van der Waals surface area contributed by atoms with Crippen molar-refractivity contribution >= 4 is 29.1 Å². The SMILES string of the molecule is CC12CC(O)C(C)(O1)[C@@H]1C(=O)N(c3ccc(Cl)c(C(F)(F)F)c3)C(=O)C12. The van der Waals surface area contributed by atoms with Crippen molar-refractivity contribution in [3.8, 4) is 0 Å². The monoisotopic (exact) mass is 389 g/mol. The van der Waals surface area contributed by atoms with Crippen molar-refractivity contribution in [2.24, 2.45) is 11.8 Å². The molecular formula is C17H15ClF3NO4. The highest BCUT2D eigenvalue weighted by Gasteiger charge is 2.75. The molecule has 4 rings (SSSR count). The summed E-state index contributed by atoms with van der Waals surface area (Å²) < 4.78 is 45.2. The second-order valence-electron chi connectivity index (χ2n) is 7.45. The molecule has 0 spiro atoms. The number of rotatable bonds is 1. The molecule has 3 fully saturated rings. The van der Waals surface area contributed by atoms with E-state index in [4.69, 9.17) is 16.3 Å². The Balaban J connectivity index is 1.80. The highest BCUT2D eigenvalue weighted by molar-refractivity contribution is 6.31. The van der Waals surface area contributed by atoms with Crippen LogP contribution in [-0.2, 0) is 20.5 Å². The fourth-order valence-corrected chi connectivity index (χ4v) is 4.87. The third-order valence-corrected chi connectivity index (χ3v) is 6.14. The fourth-order valence-electron chi connectivity index (χ4n) is 4.65. The van der Waals surface area contributed by atoms with Crippen LogP contribution in [0.3, 0.4) is 0 Å². The molecule has 0 aliphatic carbocycles. The summed E-state index contributed by atoms with van der Waals surface area (Å²) in [6.45, 7) is 3.20. The Kier molecular flexibility index (Phi) is 3.41. The predicted octanol–water partition coefficient (Wildman–Crippen LogP) is 2.78. The van der Waals surface area contributed by atoms with Gasteiger partial charge in [-0.15, -0.1) is 0 Å². The second-order valence-corrected chi connectivity index (χ2v) is 7.85. The number of fused-ring (bicyclic) bond motifs is 5. The summed E-state index contributed by atoms with van der Waals surface area (Å²) in [5, 5.41) is 9.75. The molecular weight excluding hydrogens is 375 g/mol. The van der Waals surface area contributed by atoms with E-state index in [0.717, 1.165) is 11.0 Å². The number of hydrogen-bond acceptors (Lipinski definition) is 4. The van der Waals surface area contributed by atoms with Crippen molar-refractivity contribution in [3.63, 3.8) is 0 Å². The minimum Gasteiger partial charge on any atom is -0.390 e. The van der Waals surface area contributed by atoms with Crippen LogP contribution >= 0.6 is 11.6 Å². The number of carbonyl (C=O) groups excluding carboxylic acids is 2. The maximum Gasteiger partial charge on any atom is 0.417 e. The van der Waals surface area contributed by atoms with Crippen LogP contribution in [0.15, 0.2) is 18.2 Å². The number of amides is 2. The van der Waals surface area contributed by atoms with Crippen LogP contribution in [0.4, 0.5) is 18.9 Å². The molecule has 2 bridgehead atoms. The summed E-state index contributed by atoms with van der Waals surface area (Å²) in [4.78, 5) is 26.6. The molecule has 2 amide bonds. The first-order chi connectivity index (χ1) is 11.9. The van der Waals surface area contributed by atoms with Crippen LogP contribution in [0.1, 0.15) is 25.8 Å². The van der Waals surface area contributed by atoms with Gasteiger partial charge in [0.05, 0.1) is 39.8 Å². The number of alkyl halides is 3. The van der Waals surface area contributed by atoms with Crippen LogP contribution in [0.2, 0.25) is 5.02 Å². The molecule has 0 radical (unpaired) electrons. The summed E-state index contributed by atoms with van der Waals surface area (Å²) in [6, 6.07) is 2.92. The zero-order chi connectivity index (χ0) is 19.2. The van der Waals surface area contributed by atoms with Gasteiger partial charge >= 0.3 is 6.18 Å². The van der Waals surface area contributed by atoms with Gasteiger partial charge in [-0.25, -0.2) is 4.90 Å². The van der Waals surface area contributed by atoms with E-state index in [0.29, 0.717) is 6.07 Å². The van der Waals surface area contributed by atoms with Crippen LogP contribution < -0.4 is 4.90 Å². The van der Waals surface area contributed by atoms with Crippen molar-refractivity contribution in [2.75, 3.05) is 4.90 Å². The smallest absolute Gasteiger partial charge is 0.390 e. The lowest BCUT2D eigenvalue weighted by Crippen LogP contribution is -2.49. The van der Waals surface area contributed by atoms with Crippen molar-refractivity contribution in [1.82, 2.24) is 0 Å². The number of aliphatic hydroxyl groups excluding tert-OH is 1. The predicted molar refractivity (Wildman–Crippen MR) is 84.4 cm³/mol. The van der Waals surface area contributed by atoms with E-state index in [-0.39, 0.29) is 12.1 Å². The normalized spacial score (nSPS) is 39.0. The Morgan fingerprint density at radius 2 is 1.85 bits per heavy atom. The highest BCUT2D eigenvalue weighted by Crippen LogP contribution is 2.61. The number of carbonyl (C=O) groups is 2. The zero-order valence-corrected chi connectivity index (χ0v) is 14.6. The second kappa shape index (κ2) is 4.99. The summed E-state index contributed by atoms with van der Waals surface area (Å²) in [5.41, 5.74) is -3.57. The van der Waals surface area contributed by atoms with Gasteiger partial charge in [-0.3, -0.25) is 9.59 Å². The standard InChI is InChI=1S/C17H15ClF3NO4/c1-15-6-10(23)16(2,26-15)12-11(15)13(24)22(14(12)25)7-3-4-9(18)8(5-7)17(19,20)21/h3-5,10-12,23H,6H2,1-2H3/t10?,11?,12-,15?,16?/m0/s1. The van der Waals surface area contributed by atoms with Crippen LogP contribution in [-0.4, -0.2) is 34.2 Å². The van der Waals surface area contributed by atoms with Gasteiger partial charge in [0.1, 0.15) is 5.60 Å². The van der Waals surface area contributed by atoms with Crippen molar-refractivity contribution in [3.05, 3.63) is 28.8 Å². The lowest BCUT2D eigenvalue weighted by Gasteiger charge is -2.31. The van der Waals surface area contributed by atoms with Gasteiger partial charge in [0.15, 0.2) is 0 Å². The van der Waals surface area contributed by atoms with Gasteiger partial charge in [-0.05, 0) is 32.0 Å². The number of imide groups is 1. The van der Waals surface area contributed by atoms with Gasteiger partial charge in [-0.2, -0.15) is 13.2 Å². The van der Waals surface area contributed by atoms with Crippen molar-refractivity contribution in [1.29, 1.82) is 0 Å². The third-order valence-electron chi connectivity index (χ3n) is 5.81. The molecule has 3 heterocycles. The fraction of sp³-hybridized carbons (Fsp3) is 0.529. The van der Waals surface area contributed by atoms with Gasteiger partial charge in [0, 0.05) is 6.42 Å². The van der Waals surface area contributed by atoms with Gasteiger partial charge in [-0.1, -0.05) is 11.6 Å². The topological polar surface area (TPSA) is 66.8 Å². The van der Waals surface area contributed by atoms with Gasteiger partial charge < -0.3 is 9.84 Å². The Morgan fingerprint density at radius 3 is 2.46 bits per heavy atom. The largest absolute Gasteiger partial charge is 0.417 e. The van der Waals surface area contributed by atoms with E-state index < -0.39 is 57.7 Å². The molecule has 1 aromatic rings. The van der Waals surface area contributed by atoms with E-state index >= 15 is 0 Å². The summed E-state index contributed by atoms with van der Waals surface area (Å²) in [5.74, 6) is -3.06. The molecule has 1 aromatic carbocycles. The molecule has 3 aliphatic heterocycles. The average Bonchev–Trinajstić information content (AvgIpc) is 3.01. The number of aliphatic hydroxyl groups is 1. The number of hydrogen-bond donors (Lipinski definition) is 1. The Labute approximate surface area is 151 Å². The summed E-state index contributed by atoms with van der Waals surface area (Å²) in [7, 11) is 0. The first kappa shape index (κ1) is 17.8. The molecule has 3 saturated heterocycles. The third kappa shape index (κ3) is 2.06. The summed E-state index contributed by atoms with van der Waals surface area (Å²) in [6.07, 6.45) is -5.46. The van der Waals surface area contributed by atoms with Crippen molar-refractivity contribution < 1.29 is 32.6 Å². The molecule has 1 N–H and O–H groups in total. The Hall–Kier alpha value is -1.64. The van der Waals surface area contributed by atoms with E-state index in [9.17, 15) is 27.9 Å². The van der Waals surface area contributed by atoms with E-state index in [2.05, 4.69) is 0 Å². The van der Waals surface area contributed by atoms with Crippen molar-refractivity contribution in [2.45, 2.75) is 43.8 Å². The molecule has 0 saturated carbocycles. The quantitative estimate of drug-likeness (QED) is 0.750. The van der Waals surface area contributed by atoms with E-state index in [1.807, 2.05) is 0 Å². The number of anilines is 1. The molecule has 5 nitrogen and oxygen atoms in total. The minimum absolute atomic E-state index is 0.186. The minimum atomic E-state index is -4.72. The number of halogens is 4. The summed E-state index contributed by atoms with van der Waals surface area (Å²) >= 11 is 5.61. The van der Waals surface area contributed by atoms with Gasteiger partial charge in [0.2, 0.25) is 11.8 Å². The highest BCUT2D eigenvalue weighted by atomic mass is 35.5.